The summed E-state index contributed by atoms with van der Waals surface area (Å²) in [6, 6.07) is 1.99. The molecule has 1 saturated carbocycles. The maximum Gasteiger partial charge on any atom is 0.243 e. The van der Waals surface area contributed by atoms with E-state index in [4.69, 9.17) is 5.73 Å². The fraction of sp³-hybridized carbons (Fsp3) is 0.571. The second-order valence-corrected chi connectivity index (χ2v) is 7.47. The lowest BCUT2D eigenvalue weighted by Gasteiger charge is -2.13. The summed E-state index contributed by atoms with van der Waals surface area (Å²) in [5.74, 6) is -1.73. The fourth-order valence-electron chi connectivity index (χ4n) is 2.75. The van der Waals surface area contributed by atoms with E-state index >= 15 is 0 Å². The van der Waals surface area contributed by atoms with Crippen molar-refractivity contribution in [1.82, 2.24) is 4.72 Å². The van der Waals surface area contributed by atoms with Crippen LogP contribution in [0.2, 0.25) is 0 Å². The topological polar surface area (TPSA) is 72.2 Å². The average molecular weight is 318 g/mol. The molecule has 0 spiro atoms. The minimum absolute atomic E-state index is 0.0557. The summed E-state index contributed by atoms with van der Waals surface area (Å²) < 4.78 is 53.9. The van der Waals surface area contributed by atoms with E-state index in [1.54, 1.807) is 0 Å². The molecule has 0 aromatic heterocycles. The summed E-state index contributed by atoms with van der Waals surface area (Å²) in [5, 5.41) is 0. The van der Waals surface area contributed by atoms with E-state index < -0.39 is 26.6 Å². The minimum Gasteiger partial charge on any atom is -0.326 e. The van der Waals surface area contributed by atoms with E-state index in [1.807, 2.05) is 0 Å². The normalized spacial score (nSPS) is 22.7. The number of hydrogen-bond donors (Lipinski definition) is 2. The molecule has 1 aliphatic carbocycles. The Morgan fingerprint density at radius 1 is 1.33 bits per heavy atom. The molecule has 2 atom stereocenters. The van der Waals surface area contributed by atoms with Gasteiger partial charge in [-0.15, -0.1) is 0 Å². The standard InChI is InChI=1S/C14H20F2N2O2S/c1-9-2-3-10(4-9)8-18-21(19,20)13-6-11(7-17)5-12(15)14(13)16/h5-6,9-10,18H,2-4,7-8,17H2,1H3. The van der Waals surface area contributed by atoms with Crippen LogP contribution in [0.4, 0.5) is 8.78 Å². The lowest BCUT2D eigenvalue weighted by molar-refractivity contribution is 0.474. The van der Waals surface area contributed by atoms with Gasteiger partial charge in [0.25, 0.3) is 0 Å². The van der Waals surface area contributed by atoms with Crippen LogP contribution in [-0.2, 0) is 16.6 Å². The predicted molar refractivity (Wildman–Crippen MR) is 75.9 cm³/mol. The molecule has 4 nitrogen and oxygen atoms in total. The van der Waals surface area contributed by atoms with Gasteiger partial charge in [0.1, 0.15) is 4.90 Å². The quantitative estimate of drug-likeness (QED) is 0.873. The van der Waals surface area contributed by atoms with Crippen molar-refractivity contribution in [3.05, 3.63) is 29.3 Å². The zero-order valence-electron chi connectivity index (χ0n) is 11.9. The third-order valence-corrected chi connectivity index (χ3v) is 5.37. The maximum atomic E-state index is 13.7. The van der Waals surface area contributed by atoms with Gasteiger partial charge in [-0.1, -0.05) is 13.3 Å². The van der Waals surface area contributed by atoms with Crippen molar-refractivity contribution < 1.29 is 17.2 Å². The van der Waals surface area contributed by atoms with Crippen LogP contribution in [0.25, 0.3) is 0 Å². The summed E-state index contributed by atoms with van der Waals surface area (Å²) in [5.41, 5.74) is 5.60. The highest BCUT2D eigenvalue weighted by molar-refractivity contribution is 7.89. The van der Waals surface area contributed by atoms with Crippen molar-refractivity contribution in [2.45, 2.75) is 37.6 Å². The Bertz CT molecular complexity index is 620. The van der Waals surface area contributed by atoms with E-state index in [2.05, 4.69) is 11.6 Å². The molecule has 1 aromatic carbocycles. The first-order valence-corrected chi connectivity index (χ1v) is 8.49. The molecule has 2 rings (SSSR count). The van der Waals surface area contributed by atoms with Crippen LogP contribution in [0.5, 0.6) is 0 Å². The van der Waals surface area contributed by atoms with Gasteiger partial charge in [0.15, 0.2) is 11.6 Å². The van der Waals surface area contributed by atoms with Gasteiger partial charge in [0.05, 0.1) is 0 Å². The molecule has 1 fully saturated rings. The molecule has 2 unspecified atom stereocenters. The van der Waals surface area contributed by atoms with E-state index in [9.17, 15) is 17.2 Å². The summed E-state index contributed by atoms with van der Waals surface area (Å²) in [6.07, 6.45) is 2.96. The molecule has 0 heterocycles. The molecule has 21 heavy (non-hydrogen) atoms. The Balaban J connectivity index is 2.17. The summed E-state index contributed by atoms with van der Waals surface area (Å²) in [6.45, 7) is 2.31. The number of benzene rings is 1. The van der Waals surface area contributed by atoms with Gasteiger partial charge < -0.3 is 5.73 Å². The van der Waals surface area contributed by atoms with Gasteiger partial charge >= 0.3 is 0 Å². The molecular weight excluding hydrogens is 298 g/mol. The Morgan fingerprint density at radius 3 is 2.62 bits per heavy atom. The first-order chi connectivity index (χ1) is 9.83. The zero-order chi connectivity index (χ0) is 15.6. The number of sulfonamides is 1. The second-order valence-electron chi connectivity index (χ2n) is 5.73. The molecule has 1 aliphatic rings. The summed E-state index contributed by atoms with van der Waals surface area (Å²) in [7, 11) is -4.07. The number of nitrogens with two attached hydrogens (primary N) is 1. The molecule has 0 bridgehead atoms. The third-order valence-electron chi connectivity index (χ3n) is 3.95. The highest BCUT2D eigenvalue weighted by Gasteiger charge is 2.26. The minimum atomic E-state index is -4.07. The van der Waals surface area contributed by atoms with E-state index in [-0.39, 0.29) is 24.6 Å². The predicted octanol–water partition coefficient (Wildman–Crippen LogP) is 2.14. The molecule has 0 radical (unpaired) electrons. The molecule has 3 N–H and O–H groups in total. The van der Waals surface area contributed by atoms with Gasteiger partial charge in [-0.3, -0.25) is 0 Å². The fourth-order valence-corrected chi connectivity index (χ4v) is 4.00. The second kappa shape index (κ2) is 6.37. The Morgan fingerprint density at radius 2 is 2.05 bits per heavy atom. The van der Waals surface area contributed by atoms with E-state index in [1.165, 1.54) is 0 Å². The van der Waals surface area contributed by atoms with E-state index in [0.29, 0.717) is 5.92 Å². The Hall–Kier alpha value is -1.05. The van der Waals surface area contributed by atoms with Gasteiger partial charge in [0.2, 0.25) is 10.0 Å². The van der Waals surface area contributed by atoms with Gasteiger partial charge in [-0.05, 0) is 42.4 Å². The molecule has 0 amide bonds. The van der Waals surface area contributed by atoms with Crippen LogP contribution < -0.4 is 10.5 Å². The Labute approximate surface area is 123 Å². The maximum absolute atomic E-state index is 13.7. The highest BCUT2D eigenvalue weighted by Crippen LogP contribution is 2.30. The highest BCUT2D eigenvalue weighted by atomic mass is 32.2. The number of nitrogens with one attached hydrogen (secondary N) is 1. The van der Waals surface area contributed by atoms with Gasteiger partial charge in [0, 0.05) is 13.1 Å². The van der Waals surface area contributed by atoms with Crippen LogP contribution in [0.3, 0.4) is 0 Å². The monoisotopic (exact) mass is 318 g/mol. The van der Waals surface area contributed by atoms with Gasteiger partial charge in [-0.25, -0.2) is 21.9 Å². The molecular formula is C14H20F2N2O2S. The van der Waals surface area contributed by atoms with Crippen molar-refractivity contribution in [3.63, 3.8) is 0 Å². The van der Waals surface area contributed by atoms with Gasteiger partial charge in [-0.2, -0.15) is 0 Å². The molecule has 0 aliphatic heterocycles. The molecule has 1 aromatic rings. The SMILES string of the molecule is CC1CCC(CNS(=O)(=O)c2cc(CN)cc(F)c2F)C1. The average Bonchev–Trinajstić information content (AvgIpc) is 2.85. The Kier molecular flexibility index (Phi) is 4.95. The lowest BCUT2D eigenvalue weighted by Crippen LogP contribution is -2.29. The molecule has 7 heteroatoms. The third kappa shape index (κ3) is 3.78. The van der Waals surface area contributed by atoms with Crippen molar-refractivity contribution in [1.29, 1.82) is 0 Å². The van der Waals surface area contributed by atoms with Crippen LogP contribution in [0.15, 0.2) is 17.0 Å². The first kappa shape index (κ1) is 16.3. The summed E-state index contributed by atoms with van der Waals surface area (Å²) >= 11 is 0. The van der Waals surface area contributed by atoms with Crippen LogP contribution in [0.1, 0.15) is 31.7 Å². The molecule has 0 saturated heterocycles. The number of hydrogen-bond acceptors (Lipinski definition) is 3. The number of halogens is 2. The van der Waals surface area contributed by atoms with Crippen LogP contribution in [-0.4, -0.2) is 15.0 Å². The van der Waals surface area contributed by atoms with E-state index in [0.717, 1.165) is 31.4 Å². The van der Waals surface area contributed by atoms with Crippen LogP contribution in [0, 0.1) is 23.5 Å². The lowest BCUT2D eigenvalue weighted by atomic mass is 10.1. The smallest absolute Gasteiger partial charge is 0.243 e. The number of rotatable bonds is 5. The first-order valence-electron chi connectivity index (χ1n) is 7.01. The van der Waals surface area contributed by atoms with Crippen molar-refractivity contribution in [2.24, 2.45) is 17.6 Å². The van der Waals surface area contributed by atoms with Crippen molar-refractivity contribution in [3.8, 4) is 0 Å². The van der Waals surface area contributed by atoms with Crippen molar-refractivity contribution in [2.75, 3.05) is 6.54 Å². The summed E-state index contributed by atoms with van der Waals surface area (Å²) in [4.78, 5) is -0.672. The molecule has 118 valence electrons. The zero-order valence-corrected chi connectivity index (χ0v) is 12.7. The largest absolute Gasteiger partial charge is 0.326 e. The van der Waals surface area contributed by atoms with Crippen LogP contribution >= 0.6 is 0 Å². The van der Waals surface area contributed by atoms with Crippen molar-refractivity contribution >= 4 is 10.0 Å².